The second kappa shape index (κ2) is 6.75. The molecule has 132 valence electrons. The number of benzene rings is 2. The van der Waals surface area contributed by atoms with Crippen LogP contribution in [0.25, 0.3) is 11.5 Å². The molecule has 2 heterocycles. The van der Waals surface area contributed by atoms with Gasteiger partial charge in [-0.1, -0.05) is 17.2 Å². The van der Waals surface area contributed by atoms with E-state index in [2.05, 4.69) is 15.5 Å². The molecule has 0 aliphatic carbocycles. The Morgan fingerprint density at radius 3 is 2.65 bits per heavy atom. The summed E-state index contributed by atoms with van der Waals surface area (Å²) in [6.07, 6.45) is -0.804. The van der Waals surface area contributed by atoms with E-state index in [0.717, 1.165) is 5.75 Å². The Morgan fingerprint density at radius 2 is 1.88 bits per heavy atom. The van der Waals surface area contributed by atoms with Crippen LogP contribution in [0.1, 0.15) is 0 Å². The van der Waals surface area contributed by atoms with Crippen LogP contribution >= 0.6 is 0 Å². The molecule has 2 aromatic carbocycles. The number of methoxy groups -OCH3 is 1. The molecule has 3 aromatic rings. The van der Waals surface area contributed by atoms with Crippen LogP contribution in [0, 0.1) is 0 Å². The molecule has 0 spiro atoms. The number of carbonyl (C=O) groups is 1. The largest absolute Gasteiger partial charge is 0.497 e. The number of amides is 1. The van der Waals surface area contributed by atoms with Gasteiger partial charge < -0.3 is 18.6 Å². The lowest BCUT2D eigenvalue weighted by Gasteiger charge is -2.24. The number of aromatic nitrogens is 2. The summed E-state index contributed by atoms with van der Waals surface area (Å²) in [6, 6.07) is 14.3. The fourth-order valence-corrected chi connectivity index (χ4v) is 2.46. The van der Waals surface area contributed by atoms with Crippen molar-refractivity contribution in [2.24, 2.45) is 0 Å². The Kier molecular flexibility index (Phi) is 4.14. The Morgan fingerprint density at radius 1 is 1.12 bits per heavy atom. The topological polar surface area (TPSA) is 95.7 Å². The number of hydrogen-bond donors (Lipinski definition) is 1. The highest BCUT2D eigenvalue weighted by atomic mass is 16.6. The monoisotopic (exact) mass is 353 g/mol. The Balaban J connectivity index is 1.43. The predicted molar refractivity (Wildman–Crippen MR) is 91.3 cm³/mol. The molecule has 1 amide bonds. The molecule has 0 radical (unpaired) electrons. The van der Waals surface area contributed by atoms with Crippen molar-refractivity contribution in [2.45, 2.75) is 6.10 Å². The van der Waals surface area contributed by atoms with E-state index in [1.807, 2.05) is 12.1 Å². The third-order valence-corrected chi connectivity index (χ3v) is 3.79. The van der Waals surface area contributed by atoms with Crippen LogP contribution in [0.4, 0.5) is 6.01 Å². The Hall–Kier alpha value is -3.55. The van der Waals surface area contributed by atoms with Crippen LogP contribution in [0.3, 0.4) is 0 Å². The normalized spacial score (nSPS) is 15.3. The third kappa shape index (κ3) is 3.16. The van der Waals surface area contributed by atoms with Crippen molar-refractivity contribution < 1.29 is 23.4 Å². The molecule has 0 unspecified atom stereocenters. The van der Waals surface area contributed by atoms with Gasteiger partial charge in [0.25, 0.3) is 5.91 Å². The number of carbonyl (C=O) groups excluding carboxylic acids is 1. The van der Waals surface area contributed by atoms with Crippen LogP contribution in [-0.4, -0.2) is 35.9 Å². The van der Waals surface area contributed by atoms with Gasteiger partial charge in [-0.25, -0.2) is 0 Å². The van der Waals surface area contributed by atoms with E-state index in [9.17, 15) is 4.79 Å². The quantitative estimate of drug-likeness (QED) is 0.770. The van der Waals surface area contributed by atoms with Gasteiger partial charge >= 0.3 is 6.01 Å². The fraction of sp³-hybridized carbons (Fsp3) is 0.167. The van der Waals surface area contributed by atoms with Crippen LogP contribution in [0.2, 0.25) is 0 Å². The molecule has 1 aliphatic heterocycles. The van der Waals surface area contributed by atoms with Crippen molar-refractivity contribution in [1.82, 2.24) is 10.2 Å². The van der Waals surface area contributed by atoms with E-state index in [1.54, 1.807) is 43.5 Å². The van der Waals surface area contributed by atoms with Crippen LogP contribution < -0.4 is 19.5 Å². The van der Waals surface area contributed by atoms with Gasteiger partial charge in [0.15, 0.2) is 11.5 Å². The first-order valence-electron chi connectivity index (χ1n) is 7.90. The summed E-state index contributed by atoms with van der Waals surface area (Å²) >= 11 is 0. The summed E-state index contributed by atoms with van der Waals surface area (Å²) < 4.78 is 21.8. The zero-order valence-corrected chi connectivity index (χ0v) is 13.8. The highest BCUT2D eigenvalue weighted by Gasteiger charge is 2.28. The molecule has 8 heteroatoms. The van der Waals surface area contributed by atoms with Crippen molar-refractivity contribution in [1.29, 1.82) is 0 Å². The molecule has 0 saturated heterocycles. The standard InChI is InChI=1S/C18H15N3O5/c1-23-12-8-6-11(7-9-12)17-20-21-18(26-17)19-16(22)15-10-24-13-4-2-3-5-14(13)25-15/h2-9,15H,10H2,1H3,(H,19,21,22)/t15-/m1/s1. The van der Waals surface area contributed by atoms with Crippen LogP contribution in [-0.2, 0) is 4.79 Å². The molecule has 1 N–H and O–H groups in total. The van der Waals surface area contributed by atoms with Gasteiger partial charge in [-0.15, -0.1) is 5.10 Å². The lowest BCUT2D eigenvalue weighted by atomic mass is 10.2. The first-order chi connectivity index (χ1) is 12.7. The summed E-state index contributed by atoms with van der Waals surface area (Å²) in [5.41, 5.74) is 0.713. The number of anilines is 1. The molecule has 8 nitrogen and oxygen atoms in total. The van der Waals surface area contributed by atoms with Crippen molar-refractivity contribution in [3.8, 4) is 28.7 Å². The van der Waals surface area contributed by atoms with Crippen LogP contribution in [0.5, 0.6) is 17.2 Å². The van der Waals surface area contributed by atoms with E-state index in [1.165, 1.54) is 0 Å². The molecule has 0 saturated carbocycles. The maximum atomic E-state index is 12.3. The Bertz CT molecular complexity index is 923. The summed E-state index contributed by atoms with van der Waals surface area (Å²) in [5, 5.41) is 10.3. The van der Waals surface area contributed by atoms with E-state index < -0.39 is 12.0 Å². The second-order valence-corrected chi connectivity index (χ2v) is 5.49. The van der Waals surface area contributed by atoms with Crippen molar-refractivity contribution in [3.05, 3.63) is 48.5 Å². The highest BCUT2D eigenvalue weighted by Crippen LogP contribution is 2.31. The maximum absolute atomic E-state index is 12.3. The van der Waals surface area contributed by atoms with Crippen molar-refractivity contribution >= 4 is 11.9 Å². The molecule has 0 bridgehead atoms. The molecule has 0 fully saturated rings. The van der Waals surface area contributed by atoms with Gasteiger partial charge in [-0.2, -0.15) is 0 Å². The zero-order chi connectivity index (χ0) is 17.9. The van der Waals surface area contributed by atoms with E-state index in [4.69, 9.17) is 18.6 Å². The number of hydrogen-bond acceptors (Lipinski definition) is 7. The lowest BCUT2D eigenvalue weighted by Crippen LogP contribution is -2.40. The maximum Gasteiger partial charge on any atom is 0.322 e. The van der Waals surface area contributed by atoms with Crippen LogP contribution in [0.15, 0.2) is 52.9 Å². The molecule has 1 atom stereocenters. The summed E-state index contributed by atoms with van der Waals surface area (Å²) in [7, 11) is 1.59. The van der Waals surface area contributed by atoms with Gasteiger partial charge in [0, 0.05) is 5.56 Å². The number of nitrogens with zero attached hydrogens (tertiary/aromatic N) is 2. The number of fused-ring (bicyclic) bond motifs is 1. The van der Waals surface area contributed by atoms with Gasteiger partial charge in [0.05, 0.1) is 7.11 Å². The van der Waals surface area contributed by atoms with E-state index >= 15 is 0 Å². The average Bonchev–Trinajstić information content (AvgIpc) is 3.16. The average molecular weight is 353 g/mol. The second-order valence-electron chi connectivity index (χ2n) is 5.49. The molecular weight excluding hydrogens is 338 g/mol. The minimum Gasteiger partial charge on any atom is -0.497 e. The molecular formula is C18H15N3O5. The minimum absolute atomic E-state index is 0.0109. The number of nitrogens with one attached hydrogen (secondary N) is 1. The Labute approximate surface area is 148 Å². The first kappa shape index (κ1) is 15.9. The molecule has 1 aromatic heterocycles. The van der Waals surface area contributed by atoms with Gasteiger partial charge in [0.2, 0.25) is 12.0 Å². The highest BCUT2D eigenvalue weighted by molar-refractivity contribution is 5.93. The van der Waals surface area contributed by atoms with Gasteiger partial charge in [0.1, 0.15) is 12.4 Å². The zero-order valence-electron chi connectivity index (χ0n) is 13.8. The van der Waals surface area contributed by atoms with E-state index in [0.29, 0.717) is 17.1 Å². The predicted octanol–water partition coefficient (Wildman–Crippen LogP) is 2.52. The molecule has 26 heavy (non-hydrogen) atoms. The lowest BCUT2D eigenvalue weighted by molar-refractivity contribution is -0.125. The summed E-state index contributed by atoms with van der Waals surface area (Å²) in [4.78, 5) is 12.3. The summed E-state index contributed by atoms with van der Waals surface area (Å²) in [6.45, 7) is 0.0995. The fourth-order valence-electron chi connectivity index (χ4n) is 2.46. The number of para-hydroxylation sites is 2. The SMILES string of the molecule is COc1ccc(-c2nnc(NC(=O)[C@H]3COc4ccccc4O3)o2)cc1. The van der Waals surface area contributed by atoms with Gasteiger partial charge in [-0.05, 0) is 36.4 Å². The first-order valence-corrected chi connectivity index (χ1v) is 7.90. The van der Waals surface area contributed by atoms with Gasteiger partial charge in [-0.3, -0.25) is 10.1 Å². The molecule has 4 rings (SSSR count). The van der Waals surface area contributed by atoms with Crippen molar-refractivity contribution in [3.63, 3.8) is 0 Å². The minimum atomic E-state index is -0.804. The molecule has 1 aliphatic rings. The number of ether oxygens (including phenoxy) is 3. The van der Waals surface area contributed by atoms with E-state index in [-0.39, 0.29) is 18.5 Å². The number of rotatable bonds is 4. The summed E-state index contributed by atoms with van der Waals surface area (Å²) in [5.74, 6) is 1.70. The third-order valence-electron chi connectivity index (χ3n) is 3.79. The smallest absolute Gasteiger partial charge is 0.322 e. The van der Waals surface area contributed by atoms with Crippen molar-refractivity contribution in [2.75, 3.05) is 19.0 Å².